The summed E-state index contributed by atoms with van der Waals surface area (Å²) < 4.78 is 0. The van der Waals surface area contributed by atoms with E-state index in [0.29, 0.717) is 5.82 Å². The number of rotatable bonds is 4. The fraction of sp³-hybridized carbons (Fsp3) is 0.471. The highest BCUT2D eigenvalue weighted by Gasteiger charge is 2.17. The summed E-state index contributed by atoms with van der Waals surface area (Å²) >= 11 is 0. The van der Waals surface area contributed by atoms with Crippen LogP contribution in [-0.2, 0) is 6.54 Å². The third-order valence-electron chi connectivity index (χ3n) is 4.24. The van der Waals surface area contributed by atoms with Gasteiger partial charge in [0.25, 0.3) is 0 Å². The summed E-state index contributed by atoms with van der Waals surface area (Å²) in [6.45, 7) is 8.92. The van der Waals surface area contributed by atoms with Gasteiger partial charge in [-0.2, -0.15) is 0 Å². The molecule has 1 aliphatic rings. The van der Waals surface area contributed by atoms with Gasteiger partial charge in [0, 0.05) is 43.7 Å². The fourth-order valence-electron chi connectivity index (χ4n) is 3.03. The second kappa shape index (κ2) is 6.41. The quantitative estimate of drug-likeness (QED) is 0.936. The van der Waals surface area contributed by atoms with Crippen molar-refractivity contribution in [1.29, 1.82) is 0 Å². The second-order valence-electron chi connectivity index (χ2n) is 5.84. The Balaban J connectivity index is 1.69. The van der Waals surface area contributed by atoms with Crippen LogP contribution in [0.3, 0.4) is 0 Å². The Labute approximate surface area is 126 Å². The zero-order chi connectivity index (χ0) is 14.7. The van der Waals surface area contributed by atoms with Gasteiger partial charge in [-0.1, -0.05) is 25.1 Å². The van der Waals surface area contributed by atoms with E-state index >= 15 is 0 Å². The van der Waals surface area contributed by atoms with Crippen LogP contribution in [0.15, 0.2) is 30.3 Å². The van der Waals surface area contributed by atoms with E-state index in [1.807, 2.05) is 18.2 Å². The van der Waals surface area contributed by atoms with Crippen LogP contribution in [0.1, 0.15) is 18.9 Å². The number of piperazine rings is 1. The largest absolute Gasteiger partial charge is 0.383 e. The molecule has 0 radical (unpaired) electrons. The number of benzene rings is 1. The molecule has 0 saturated carbocycles. The fourth-order valence-corrected chi connectivity index (χ4v) is 3.03. The highest BCUT2D eigenvalue weighted by Crippen LogP contribution is 2.20. The second-order valence-corrected chi connectivity index (χ2v) is 5.84. The van der Waals surface area contributed by atoms with Gasteiger partial charge in [0.2, 0.25) is 0 Å². The minimum atomic E-state index is 0.671. The summed E-state index contributed by atoms with van der Waals surface area (Å²) in [7, 11) is 0. The lowest BCUT2D eigenvalue weighted by atomic mass is 10.1. The number of fused-ring (bicyclic) bond motifs is 1. The predicted octanol–water partition coefficient (Wildman–Crippen LogP) is 2.34. The van der Waals surface area contributed by atoms with Gasteiger partial charge in [-0.15, -0.1) is 0 Å². The minimum Gasteiger partial charge on any atom is -0.383 e. The topological polar surface area (TPSA) is 45.4 Å². The molecule has 21 heavy (non-hydrogen) atoms. The number of nitrogen functional groups attached to an aromatic ring is 1. The summed E-state index contributed by atoms with van der Waals surface area (Å²) in [6.07, 6.45) is 1.24. The summed E-state index contributed by atoms with van der Waals surface area (Å²) in [5.41, 5.74) is 8.26. The zero-order valence-electron chi connectivity index (χ0n) is 12.8. The average molecular weight is 284 g/mol. The molecule has 2 N–H and O–H groups in total. The Morgan fingerprint density at radius 3 is 2.57 bits per heavy atom. The van der Waals surface area contributed by atoms with Crippen molar-refractivity contribution >= 4 is 16.7 Å². The maximum absolute atomic E-state index is 6.13. The van der Waals surface area contributed by atoms with Crippen LogP contribution in [0, 0.1) is 0 Å². The molecule has 1 saturated heterocycles. The third kappa shape index (κ3) is 3.34. The molecule has 0 unspecified atom stereocenters. The highest BCUT2D eigenvalue weighted by molar-refractivity contribution is 5.81. The van der Waals surface area contributed by atoms with Crippen molar-refractivity contribution in [3.63, 3.8) is 0 Å². The van der Waals surface area contributed by atoms with Gasteiger partial charge in [-0.05, 0) is 25.1 Å². The minimum absolute atomic E-state index is 0.671. The third-order valence-corrected chi connectivity index (χ3v) is 4.24. The Bertz CT molecular complexity index is 603. The van der Waals surface area contributed by atoms with Gasteiger partial charge >= 0.3 is 0 Å². The first-order valence-corrected chi connectivity index (χ1v) is 7.85. The maximum Gasteiger partial charge on any atom is 0.128 e. The molecule has 3 rings (SSSR count). The molecular formula is C17H24N4. The molecule has 4 heteroatoms. The lowest BCUT2D eigenvalue weighted by molar-refractivity contribution is 0.127. The van der Waals surface area contributed by atoms with E-state index in [-0.39, 0.29) is 0 Å². The lowest BCUT2D eigenvalue weighted by Gasteiger charge is -2.34. The van der Waals surface area contributed by atoms with Crippen molar-refractivity contribution in [3.05, 3.63) is 35.9 Å². The maximum atomic E-state index is 6.13. The predicted molar refractivity (Wildman–Crippen MR) is 88.2 cm³/mol. The average Bonchev–Trinajstić information content (AvgIpc) is 2.50. The number of aromatic nitrogens is 1. The van der Waals surface area contributed by atoms with E-state index in [0.717, 1.165) is 43.8 Å². The molecule has 112 valence electrons. The number of nitrogens with zero attached hydrogens (tertiary/aromatic N) is 3. The van der Waals surface area contributed by atoms with E-state index in [1.165, 1.54) is 18.4 Å². The molecule has 1 aromatic carbocycles. The van der Waals surface area contributed by atoms with Crippen LogP contribution in [0.5, 0.6) is 0 Å². The molecule has 2 aromatic rings. The first-order chi connectivity index (χ1) is 10.3. The van der Waals surface area contributed by atoms with Gasteiger partial charge in [0.15, 0.2) is 0 Å². The van der Waals surface area contributed by atoms with E-state index in [1.54, 1.807) is 0 Å². The van der Waals surface area contributed by atoms with Crippen LogP contribution in [-0.4, -0.2) is 47.5 Å². The molecule has 0 bridgehead atoms. The van der Waals surface area contributed by atoms with Crippen LogP contribution >= 0.6 is 0 Å². The van der Waals surface area contributed by atoms with Crippen LogP contribution in [0.2, 0.25) is 0 Å². The van der Waals surface area contributed by atoms with Crippen molar-refractivity contribution in [1.82, 2.24) is 14.8 Å². The first-order valence-electron chi connectivity index (χ1n) is 7.85. The molecule has 1 fully saturated rings. The van der Waals surface area contributed by atoms with Crippen molar-refractivity contribution in [2.75, 3.05) is 38.5 Å². The van der Waals surface area contributed by atoms with Gasteiger partial charge in [0.05, 0.1) is 5.52 Å². The standard InChI is InChI=1S/C17H24N4/c1-2-7-20-8-10-21(11-9-20)13-15-12-14-5-3-4-6-16(14)19-17(15)18/h3-6,12H,2,7-11,13H2,1H3,(H2,18,19). The molecule has 1 aliphatic heterocycles. The molecular weight excluding hydrogens is 260 g/mol. The molecule has 0 aliphatic carbocycles. The molecule has 0 amide bonds. The summed E-state index contributed by atoms with van der Waals surface area (Å²) in [5.74, 6) is 0.671. The van der Waals surface area contributed by atoms with Crippen molar-refractivity contribution in [2.24, 2.45) is 0 Å². The zero-order valence-corrected chi connectivity index (χ0v) is 12.8. The van der Waals surface area contributed by atoms with E-state index < -0.39 is 0 Å². The number of pyridine rings is 1. The number of anilines is 1. The SMILES string of the molecule is CCCN1CCN(Cc2cc3ccccc3nc2N)CC1. The Morgan fingerprint density at radius 1 is 1.10 bits per heavy atom. The van der Waals surface area contributed by atoms with Gasteiger partial charge < -0.3 is 10.6 Å². The van der Waals surface area contributed by atoms with Gasteiger partial charge in [0.1, 0.15) is 5.82 Å². The van der Waals surface area contributed by atoms with E-state index in [2.05, 4.69) is 33.8 Å². The highest BCUT2D eigenvalue weighted by atomic mass is 15.3. The number of hydrogen-bond donors (Lipinski definition) is 1. The van der Waals surface area contributed by atoms with Crippen LogP contribution in [0.25, 0.3) is 10.9 Å². The summed E-state index contributed by atoms with van der Waals surface area (Å²) in [6, 6.07) is 10.4. The van der Waals surface area contributed by atoms with E-state index in [9.17, 15) is 0 Å². The normalized spacial score (nSPS) is 17.4. The van der Waals surface area contributed by atoms with Crippen LogP contribution in [0.4, 0.5) is 5.82 Å². The number of hydrogen-bond acceptors (Lipinski definition) is 4. The molecule has 4 nitrogen and oxygen atoms in total. The molecule has 0 atom stereocenters. The molecule has 2 heterocycles. The molecule has 0 spiro atoms. The monoisotopic (exact) mass is 284 g/mol. The van der Waals surface area contributed by atoms with Crippen molar-refractivity contribution in [2.45, 2.75) is 19.9 Å². The Kier molecular flexibility index (Phi) is 4.36. The van der Waals surface area contributed by atoms with Gasteiger partial charge in [-0.25, -0.2) is 4.98 Å². The molecule has 1 aromatic heterocycles. The summed E-state index contributed by atoms with van der Waals surface area (Å²) in [5, 5.41) is 1.17. The van der Waals surface area contributed by atoms with E-state index in [4.69, 9.17) is 5.73 Å². The Hall–Kier alpha value is -1.65. The Morgan fingerprint density at radius 2 is 1.81 bits per heavy atom. The van der Waals surface area contributed by atoms with Crippen molar-refractivity contribution in [3.8, 4) is 0 Å². The van der Waals surface area contributed by atoms with Crippen LogP contribution < -0.4 is 5.73 Å². The van der Waals surface area contributed by atoms with Crippen molar-refractivity contribution < 1.29 is 0 Å². The smallest absolute Gasteiger partial charge is 0.128 e. The first kappa shape index (κ1) is 14.3. The number of para-hydroxylation sites is 1. The van der Waals surface area contributed by atoms with Gasteiger partial charge in [-0.3, -0.25) is 4.90 Å². The lowest BCUT2D eigenvalue weighted by Crippen LogP contribution is -2.46. The summed E-state index contributed by atoms with van der Waals surface area (Å²) in [4.78, 5) is 9.55. The number of nitrogens with two attached hydrogens (primary N) is 1.